The molecule has 0 aliphatic heterocycles. The van der Waals surface area contributed by atoms with E-state index in [2.05, 4.69) is 10.5 Å². The summed E-state index contributed by atoms with van der Waals surface area (Å²) < 4.78 is 0. The van der Waals surface area contributed by atoms with Crippen LogP contribution in [0.15, 0.2) is 23.4 Å². The number of anilines is 1. The van der Waals surface area contributed by atoms with Crippen LogP contribution in [-0.2, 0) is 4.79 Å². The molecular formula is C14H21N3O2. The quantitative estimate of drug-likeness (QED) is 0.330. The highest BCUT2D eigenvalue weighted by Gasteiger charge is 2.15. The van der Waals surface area contributed by atoms with Crippen molar-refractivity contribution in [3.05, 3.63) is 29.3 Å². The van der Waals surface area contributed by atoms with Crippen molar-refractivity contribution in [1.29, 1.82) is 0 Å². The van der Waals surface area contributed by atoms with Crippen LogP contribution in [0.4, 0.5) is 5.69 Å². The van der Waals surface area contributed by atoms with E-state index in [1.807, 2.05) is 26.8 Å². The van der Waals surface area contributed by atoms with E-state index in [-0.39, 0.29) is 17.7 Å². The topological polar surface area (TPSA) is 87.7 Å². The van der Waals surface area contributed by atoms with Crippen LogP contribution in [0.1, 0.15) is 37.8 Å². The Morgan fingerprint density at radius 2 is 2.05 bits per heavy atom. The molecule has 0 heterocycles. The number of amidine groups is 1. The predicted octanol–water partition coefficient (Wildman–Crippen LogP) is 2.46. The van der Waals surface area contributed by atoms with Crippen molar-refractivity contribution in [3.8, 4) is 0 Å². The van der Waals surface area contributed by atoms with Crippen LogP contribution < -0.4 is 11.1 Å². The SMILES string of the molecule is CCC(CC)C(=O)Nc1cc(C(N)=NO)ccc1C. The highest BCUT2D eigenvalue weighted by Crippen LogP contribution is 2.19. The van der Waals surface area contributed by atoms with Crippen molar-refractivity contribution in [2.24, 2.45) is 16.8 Å². The maximum atomic E-state index is 12.1. The number of nitrogens with one attached hydrogen (secondary N) is 1. The first kappa shape index (κ1) is 15.0. The Bertz CT molecular complexity index is 480. The Morgan fingerprint density at radius 1 is 1.42 bits per heavy atom. The summed E-state index contributed by atoms with van der Waals surface area (Å²) in [4.78, 5) is 12.1. The van der Waals surface area contributed by atoms with Gasteiger partial charge in [0.25, 0.3) is 0 Å². The minimum absolute atomic E-state index is 0.00441. The van der Waals surface area contributed by atoms with E-state index in [0.717, 1.165) is 18.4 Å². The molecule has 19 heavy (non-hydrogen) atoms. The number of amides is 1. The largest absolute Gasteiger partial charge is 0.409 e. The molecule has 1 aromatic rings. The summed E-state index contributed by atoms with van der Waals surface area (Å²) in [5, 5.41) is 14.5. The van der Waals surface area contributed by atoms with Gasteiger partial charge in [-0.15, -0.1) is 0 Å². The van der Waals surface area contributed by atoms with E-state index in [0.29, 0.717) is 11.3 Å². The first-order valence-corrected chi connectivity index (χ1v) is 6.42. The van der Waals surface area contributed by atoms with E-state index in [9.17, 15) is 4.79 Å². The average Bonchev–Trinajstić information content (AvgIpc) is 2.41. The second-order valence-electron chi connectivity index (χ2n) is 4.52. The van der Waals surface area contributed by atoms with Gasteiger partial charge in [-0.05, 0) is 31.4 Å². The second kappa shape index (κ2) is 6.78. The molecule has 0 aliphatic rings. The molecule has 1 rings (SSSR count). The lowest BCUT2D eigenvalue weighted by Gasteiger charge is -2.15. The fourth-order valence-electron chi connectivity index (χ4n) is 1.87. The number of nitrogens with two attached hydrogens (primary N) is 1. The third-order valence-corrected chi connectivity index (χ3v) is 3.26. The number of aryl methyl sites for hydroxylation is 1. The summed E-state index contributed by atoms with van der Waals surface area (Å²) in [6.07, 6.45) is 1.61. The van der Waals surface area contributed by atoms with Gasteiger partial charge in [0, 0.05) is 17.2 Å². The first-order valence-electron chi connectivity index (χ1n) is 6.42. The van der Waals surface area contributed by atoms with Gasteiger partial charge in [-0.3, -0.25) is 4.79 Å². The van der Waals surface area contributed by atoms with Gasteiger partial charge in [-0.2, -0.15) is 0 Å². The molecule has 0 saturated heterocycles. The standard InChI is InChI=1S/C14H21N3O2/c1-4-10(5-2)14(18)16-12-8-11(13(15)17-19)7-6-9(12)3/h6-8,10,19H,4-5H2,1-3H3,(H2,15,17)(H,16,18). The number of oxime groups is 1. The van der Waals surface area contributed by atoms with Gasteiger partial charge in [-0.25, -0.2) is 0 Å². The van der Waals surface area contributed by atoms with Crippen LogP contribution in [0.2, 0.25) is 0 Å². The molecular weight excluding hydrogens is 242 g/mol. The number of carbonyl (C=O) groups is 1. The fraction of sp³-hybridized carbons (Fsp3) is 0.429. The summed E-state index contributed by atoms with van der Waals surface area (Å²) in [6, 6.07) is 5.29. The molecule has 4 N–H and O–H groups in total. The Kier molecular flexibility index (Phi) is 5.36. The Hall–Kier alpha value is -2.04. The van der Waals surface area contributed by atoms with Crippen molar-refractivity contribution in [3.63, 3.8) is 0 Å². The van der Waals surface area contributed by atoms with Crippen molar-refractivity contribution < 1.29 is 10.0 Å². The van der Waals surface area contributed by atoms with Crippen LogP contribution in [0.3, 0.4) is 0 Å². The van der Waals surface area contributed by atoms with Crippen LogP contribution in [-0.4, -0.2) is 17.0 Å². The third-order valence-electron chi connectivity index (χ3n) is 3.26. The smallest absolute Gasteiger partial charge is 0.227 e. The molecule has 0 aliphatic carbocycles. The van der Waals surface area contributed by atoms with E-state index < -0.39 is 0 Å². The van der Waals surface area contributed by atoms with E-state index in [1.165, 1.54) is 0 Å². The lowest BCUT2D eigenvalue weighted by atomic mass is 10.0. The van der Waals surface area contributed by atoms with Gasteiger partial charge < -0.3 is 16.3 Å². The summed E-state index contributed by atoms with van der Waals surface area (Å²) >= 11 is 0. The molecule has 0 fully saturated rings. The second-order valence-corrected chi connectivity index (χ2v) is 4.52. The first-order chi connectivity index (χ1) is 9.03. The Morgan fingerprint density at radius 3 is 2.58 bits per heavy atom. The highest BCUT2D eigenvalue weighted by atomic mass is 16.4. The summed E-state index contributed by atoms with van der Waals surface area (Å²) in [7, 11) is 0. The van der Waals surface area contributed by atoms with Crippen molar-refractivity contribution in [1.82, 2.24) is 0 Å². The van der Waals surface area contributed by atoms with E-state index in [1.54, 1.807) is 12.1 Å². The number of hydrogen-bond donors (Lipinski definition) is 3. The molecule has 0 atom stereocenters. The molecule has 0 spiro atoms. The molecule has 0 saturated carbocycles. The minimum Gasteiger partial charge on any atom is -0.409 e. The molecule has 0 unspecified atom stereocenters. The van der Waals surface area contributed by atoms with E-state index >= 15 is 0 Å². The number of nitrogens with zero attached hydrogens (tertiary/aromatic N) is 1. The van der Waals surface area contributed by atoms with Gasteiger partial charge in [0.2, 0.25) is 5.91 Å². The molecule has 5 nitrogen and oxygen atoms in total. The van der Waals surface area contributed by atoms with Crippen LogP contribution in [0, 0.1) is 12.8 Å². The van der Waals surface area contributed by atoms with Crippen molar-refractivity contribution in [2.75, 3.05) is 5.32 Å². The maximum absolute atomic E-state index is 12.1. The van der Waals surface area contributed by atoms with Crippen molar-refractivity contribution >= 4 is 17.4 Å². The summed E-state index contributed by atoms with van der Waals surface area (Å²) in [6.45, 7) is 5.89. The maximum Gasteiger partial charge on any atom is 0.227 e. The predicted molar refractivity (Wildman–Crippen MR) is 76.4 cm³/mol. The van der Waals surface area contributed by atoms with Crippen LogP contribution in [0.5, 0.6) is 0 Å². The zero-order valence-corrected chi connectivity index (χ0v) is 11.6. The Balaban J connectivity index is 2.97. The van der Waals surface area contributed by atoms with Crippen LogP contribution >= 0.6 is 0 Å². The molecule has 1 amide bonds. The zero-order chi connectivity index (χ0) is 14.4. The fourth-order valence-corrected chi connectivity index (χ4v) is 1.87. The molecule has 0 aromatic heterocycles. The number of benzene rings is 1. The molecule has 104 valence electrons. The number of rotatable bonds is 5. The van der Waals surface area contributed by atoms with E-state index in [4.69, 9.17) is 10.9 Å². The number of carbonyl (C=O) groups excluding carboxylic acids is 1. The summed E-state index contributed by atoms with van der Waals surface area (Å²) in [5.41, 5.74) is 7.75. The minimum atomic E-state index is 0.00441. The lowest BCUT2D eigenvalue weighted by molar-refractivity contribution is -0.120. The zero-order valence-electron chi connectivity index (χ0n) is 11.6. The summed E-state index contributed by atoms with van der Waals surface area (Å²) in [5.74, 6) is 0.0368. The molecule has 0 bridgehead atoms. The molecule has 1 aromatic carbocycles. The molecule has 5 heteroatoms. The van der Waals surface area contributed by atoms with Gasteiger partial charge in [0.15, 0.2) is 5.84 Å². The average molecular weight is 263 g/mol. The van der Waals surface area contributed by atoms with Crippen LogP contribution in [0.25, 0.3) is 0 Å². The molecule has 0 radical (unpaired) electrons. The Labute approximate surface area is 113 Å². The lowest BCUT2D eigenvalue weighted by Crippen LogP contribution is -2.22. The normalized spacial score (nSPS) is 11.7. The number of hydrogen-bond acceptors (Lipinski definition) is 3. The monoisotopic (exact) mass is 263 g/mol. The van der Waals surface area contributed by atoms with Crippen molar-refractivity contribution in [2.45, 2.75) is 33.6 Å². The third kappa shape index (κ3) is 3.71. The van der Waals surface area contributed by atoms with Gasteiger partial charge >= 0.3 is 0 Å². The van der Waals surface area contributed by atoms with Gasteiger partial charge in [0.1, 0.15) is 0 Å². The van der Waals surface area contributed by atoms with Gasteiger partial charge in [0.05, 0.1) is 0 Å². The highest BCUT2D eigenvalue weighted by molar-refractivity contribution is 6.00. The van der Waals surface area contributed by atoms with Gasteiger partial charge in [-0.1, -0.05) is 31.1 Å².